The minimum Gasteiger partial charge on any atom is -0.281 e. The lowest BCUT2D eigenvalue weighted by molar-refractivity contribution is -0.231. The lowest BCUT2D eigenvalue weighted by Gasteiger charge is -1.98. The molecule has 0 aliphatic heterocycles. The molecule has 12 heavy (non-hydrogen) atoms. The number of carbonyl (C=O) groups is 2. The van der Waals surface area contributed by atoms with E-state index in [4.69, 9.17) is 23.2 Å². The highest BCUT2D eigenvalue weighted by molar-refractivity contribution is 6.63. The van der Waals surface area contributed by atoms with E-state index < -0.39 is 5.43 Å². The molecule has 0 atom stereocenters. The van der Waals surface area contributed by atoms with Gasteiger partial charge in [0.1, 0.15) is 0 Å². The van der Waals surface area contributed by atoms with Crippen LogP contribution < -0.4 is 0 Å². The van der Waals surface area contributed by atoms with Gasteiger partial charge in [-0.3, -0.25) is 9.68 Å². The normalized spacial score (nSPS) is 9.50. The highest BCUT2D eigenvalue weighted by atomic mass is 35.5. The zero-order chi connectivity index (χ0) is 9.40. The summed E-state index contributed by atoms with van der Waals surface area (Å²) in [6, 6.07) is 0. The summed E-state index contributed by atoms with van der Waals surface area (Å²) in [6.45, 7) is 0.211. The first-order valence-electron chi connectivity index (χ1n) is 3.30. The fourth-order valence-electron chi connectivity index (χ4n) is 0.513. The van der Waals surface area contributed by atoms with Crippen molar-refractivity contribution >= 4 is 33.9 Å². The van der Waals surface area contributed by atoms with Crippen LogP contribution in [0.1, 0.15) is 19.3 Å². The number of unbranched alkanes of at least 4 members (excludes halogenated alkanes) is 1. The van der Waals surface area contributed by atoms with Gasteiger partial charge < -0.3 is 0 Å². The van der Waals surface area contributed by atoms with Crippen LogP contribution in [0.5, 0.6) is 0 Å². The molecule has 0 aromatic heterocycles. The van der Waals surface area contributed by atoms with Crippen molar-refractivity contribution in [2.45, 2.75) is 19.3 Å². The maximum absolute atomic E-state index is 10.2. The minimum absolute atomic E-state index is 0.211. The van der Waals surface area contributed by atoms with Crippen molar-refractivity contribution in [3.63, 3.8) is 0 Å². The average Bonchev–Trinajstić information content (AvgIpc) is 1.95. The van der Waals surface area contributed by atoms with Crippen molar-refractivity contribution in [2.75, 3.05) is 6.61 Å². The molecule has 0 radical (unpaired) electrons. The Morgan fingerprint density at radius 1 is 1.17 bits per heavy atom. The largest absolute Gasteiger partial charge is 0.435 e. The topological polar surface area (TPSA) is 52.6 Å². The SMILES string of the molecule is O=C(Cl)CCCCOOC(=O)Cl. The average molecular weight is 215 g/mol. The Morgan fingerprint density at radius 3 is 2.33 bits per heavy atom. The number of rotatable bonds is 6. The summed E-state index contributed by atoms with van der Waals surface area (Å²) in [6.07, 6.45) is 1.48. The van der Waals surface area contributed by atoms with E-state index in [0.717, 1.165) is 0 Å². The molecule has 0 aliphatic carbocycles. The van der Waals surface area contributed by atoms with Gasteiger partial charge >= 0.3 is 5.43 Å². The van der Waals surface area contributed by atoms with Crippen molar-refractivity contribution in [3.05, 3.63) is 0 Å². The van der Waals surface area contributed by atoms with Crippen LogP contribution in [0.2, 0.25) is 0 Å². The van der Waals surface area contributed by atoms with Gasteiger partial charge in [0.15, 0.2) is 0 Å². The minimum atomic E-state index is -1.01. The monoisotopic (exact) mass is 214 g/mol. The molecule has 0 aromatic rings. The second kappa shape index (κ2) is 7.34. The standard InChI is InChI=1S/C6H8Cl2O4/c7-5(9)3-1-2-4-11-12-6(8)10/h1-4H2. The van der Waals surface area contributed by atoms with Crippen LogP contribution in [0.15, 0.2) is 0 Å². The summed E-state index contributed by atoms with van der Waals surface area (Å²) in [7, 11) is 0. The molecule has 0 fully saturated rings. The molecule has 0 rings (SSSR count). The van der Waals surface area contributed by atoms with Crippen LogP contribution in [0, 0.1) is 0 Å². The third-order valence-corrected chi connectivity index (χ3v) is 1.23. The second-order valence-corrected chi connectivity index (χ2v) is 2.69. The van der Waals surface area contributed by atoms with Gasteiger partial charge in [-0.05, 0) is 24.4 Å². The summed E-state index contributed by atoms with van der Waals surface area (Å²) in [5, 5.41) is -0.385. The van der Waals surface area contributed by atoms with Gasteiger partial charge in [0, 0.05) is 18.0 Å². The van der Waals surface area contributed by atoms with Crippen LogP contribution in [0.25, 0.3) is 0 Å². The lowest BCUT2D eigenvalue weighted by Crippen LogP contribution is -1.99. The smallest absolute Gasteiger partial charge is 0.281 e. The molecule has 0 unspecified atom stereocenters. The summed E-state index contributed by atoms with van der Waals surface area (Å²) in [5.74, 6) is 0. The van der Waals surface area contributed by atoms with Crippen LogP contribution in [0.3, 0.4) is 0 Å². The molecule has 0 saturated carbocycles. The zero-order valence-electron chi connectivity index (χ0n) is 6.22. The molecule has 0 heterocycles. The van der Waals surface area contributed by atoms with E-state index in [2.05, 4.69) is 9.78 Å². The third-order valence-electron chi connectivity index (χ3n) is 0.975. The molecule has 0 aliphatic rings. The second-order valence-electron chi connectivity index (χ2n) is 1.96. The Bertz CT molecular complexity index is 142. The molecule has 4 nitrogen and oxygen atoms in total. The number of hydrogen-bond acceptors (Lipinski definition) is 4. The first-order chi connectivity index (χ1) is 5.63. The molecule has 0 aromatic carbocycles. The highest BCUT2D eigenvalue weighted by Crippen LogP contribution is 2.00. The van der Waals surface area contributed by atoms with E-state index in [-0.39, 0.29) is 11.8 Å². The summed E-state index contributed by atoms with van der Waals surface area (Å²) in [4.78, 5) is 28.4. The quantitative estimate of drug-likeness (QED) is 0.295. The maximum Gasteiger partial charge on any atom is 0.435 e. The molecule has 0 spiro atoms. The fraction of sp³-hybridized carbons (Fsp3) is 0.667. The van der Waals surface area contributed by atoms with Gasteiger partial charge in [-0.2, -0.15) is 4.89 Å². The molecule has 0 N–H and O–H groups in total. The van der Waals surface area contributed by atoms with E-state index in [0.29, 0.717) is 19.3 Å². The lowest BCUT2D eigenvalue weighted by atomic mass is 10.3. The van der Waals surface area contributed by atoms with E-state index >= 15 is 0 Å². The van der Waals surface area contributed by atoms with Crippen LogP contribution in [0.4, 0.5) is 4.79 Å². The van der Waals surface area contributed by atoms with Gasteiger partial charge in [0.2, 0.25) is 5.24 Å². The third kappa shape index (κ3) is 9.68. The first-order valence-corrected chi connectivity index (χ1v) is 4.06. The molecular weight excluding hydrogens is 207 g/mol. The molecule has 0 saturated heterocycles. The van der Waals surface area contributed by atoms with Gasteiger partial charge in [-0.15, -0.1) is 0 Å². The highest BCUT2D eigenvalue weighted by Gasteiger charge is 1.98. The molecule has 0 bridgehead atoms. The molecule has 0 amide bonds. The van der Waals surface area contributed by atoms with Crippen molar-refractivity contribution in [2.24, 2.45) is 0 Å². The van der Waals surface area contributed by atoms with Crippen LogP contribution in [-0.2, 0) is 14.6 Å². The van der Waals surface area contributed by atoms with Crippen molar-refractivity contribution in [3.8, 4) is 0 Å². The van der Waals surface area contributed by atoms with Crippen LogP contribution >= 0.6 is 23.2 Å². The van der Waals surface area contributed by atoms with Crippen molar-refractivity contribution in [1.82, 2.24) is 0 Å². The summed E-state index contributed by atoms with van der Waals surface area (Å²) in [5.41, 5.74) is -1.01. The van der Waals surface area contributed by atoms with Gasteiger partial charge in [-0.1, -0.05) is 0 Å². The maximum atomic E-state index is 10.2. The predicted molar refractivity (Wildman–Crippen MR) is 43.0 cm³/mol. The Kier molecular flexibility index (Phi) is 7.14. The number of hydrogen-bond donors (Lipinski definition) is 0. The Morgan fingerprint density at radius 2 is 1.83 bits per heavy atom. The molecular formula is C6H8Cl2O4. The van der Waals surface area contributed by atoms with E-state index in [1.165, 1.54) is 0 Å². The van der Waals surface area contributed by atoms with Crippen LogP contribution in [-0.4, -0.2) is 17.3 Å². The first kappa shape index (κ1) is 11.7. The Balaban J connectivity index is 3.01. The zero-order valence-corrected chi connectivity index (χ0v) is 7.73. The van der Waals surface area contributed by atoms with Crippen molar-refractivity contribution in [1.29, 1.82) is 0 Å². The molecule has 70 valence electrons. The Labute approximate surface area is 79.6 Å². The van der Waals surface area contributed by atoms with Gasteiger partial charge in [0.05, 0.1) is 6.61 Å². The van der Waals surface area contributed by atoms with Crippen molar-refractivity contribution < 1.29 is 19.4 Å². The fourth-order valence-corrected chi connectivity index (χ4v) is 0.691. The number of carbonyl (C=O) groups excluding carboxylic acids is 2. The summed E-state index contributed by atoms with van der Waals surface area (Å²) < 4.78 is 0. The van der Waals surface area contributed by atoms with Gasteiger partial charge in [-0.25, -0.2) is 4.79 Å². The van der Waals surface area contributed by atoms with E-state index in [1.54, 1.807) is 0 Å². The Hall–Kier alpha value is -0.320. The predicted octanol–water partition coefficient (Wildman–Crippen LogP) is 2.23. The molecule has 6 heteroatoms. The van der Waals surface area contributed by atoms with Gasteiger partial charge in [0.25, 0.3) is 0 Å². The van der Waals surface area contributed by atoms with E-state index in [1.807, 2.05) is 0 Å². The van der Waals surface area contributed by atoms with E-state index in [9.17, 15) is 9.59 Å². The summed E-state index contributed by atoms with van der Waals surface area (Å²) >= 11 is 9.83. The number of halogens is 2.